The largest absolute Gasteiger partial charge is 0.336 e. The number of aryl methyl sites for hydroxylation is 2. The Morgan fingerprint density at radius 1 is 1.25 bits per heavy atom. The van der Waals surface area contributed by atoms with Crippen molar-refractivity contribution in [1.82, 2.24) is 19.8 Å². The zero-order chi connectivity index (χ0) is 14.1. The summed E-state index contributed by atoms with van der Waals surface area (Å²) in [5.74, 6) is 0.809. The summed E-state index contributed by atoms with van der Waals surface area (Å²) in [6, 6.07) is 0.549. The first-order valence-corrected chi connectivity index (χ1v) is 7.49. The number of carbonyl (C=O) groups is 1. The molecule has 2 aliphatic rings. The molecule has 5 nitrogen and oxygen atoms in total. The molecule has 1 aromatic rings. The van der Waals surface area contributed by atoms with E-state index in [1.807, 2.05) is 18.7 Å². The lowest BCUT2D eigenvalue weighted by Gasteiger charge is -2.44. The van der Waals surface area contributed by atoms with Crippen molar-refractivity contribution >= 4 is 5.91 Å². The Morgan fingerprint density at radius 3 is 2.90 bits per heavy atom. The maximum Gasteiger partial charge on any atom is 0.257 e. The third kappa shape index (κ3) is 2.54. The van der Waals surface area contributed by atoms with Crippen LogP contribution >= 0.6 is 0 Å². The molecule has 3 heterocycles. The maximum atomic E-state index is 12.6. The van der Waals surface area contributed by atoms with Gasteiger partial charge < -0.3 is 4.90 Å². The van der Waals surface area contributed by atoms with E-state index >= 15 is 0 Å². The van der Waals surface area contributed by atoms with Gasteiger partial charge >= 0.3 is 0 Å². The minimum absolute atomic E-state index is 0.0905. The fraction of sp³-hybridized carbons (Fsp3) is 0.667. The molecule has 0 spiro atoms. The number of hydrogen-bond acceptors (Lipinski definition) is 4. The van der Waals surface area contributed by atoms with Crippen LogP contribution in [0.25, 0.3) is 0 Å². The number of carbonyl (C=O) groups excluding carboxylic acids is 1. The summed E-state index contributed by atoms with van der Waals surface area (Å²) in [5, 5.41) is 0. The van der Waals surface area contributed by atoms with E-state index in [4.69, 9.17) is 0 Å². The average Bonchev–Trinajstić information content (AvgIpc) is 2.46. The van der Waals surface area contributed by atoms with E-state index < -0.39 is 0 Å². The van der Waals surface area contributed by atoms with Crippen molar-refractivity contribution in [2.45, 2.75) is 39.2 Å². The normalized spacial score (nSPS) is 23.5. The third-order valence-electron chi connectivity index (χ3n) is 4.45. The highest BCUT2D eigenvalue weighted by molar-refractivity contribution is 5.95. The summed E-state index contributed by atoms with van der Waals surface area (Å²) in [6.07, 6.45) is 5.48. The maximum absolute atomic E-state index is 12.6. The van der Waals surface area contributed by atoms with E-state index in [0.717, 1.165) is 31.2 Å². The molecular weight excluding hydrogens is 252 g/mol. The second-order valence-electron chi connectivity index (χ2n) is 5.85. The third-order valence-corrected chi connectivity index (χ3v) is 4.45. The molecule has 1 amide bonds. The zero-order valence-corrected chi connectivity index (χ0v) is 12.3. The highest BCUT2D eigenvalue weighted by Crippen LogP contribution is 2.22. The molecule has 3 rings (SSSR count). The predicted octanol–water partition coefficient (Wildman–Crippen LogP) is 1.40. The van der Waals surface area contributed by atoms with E-state index in [9.17, 15) is 4.79 Å². The Labute approximate surface area is 120 Å². The lowest BCUT2D eigenvalue weighted by atomic mass is 9.99. The lowest BCUT2D eigenvalue weighted by Crippen LogP contribution is -2.56. The summed E-state index contributed by atoms with van der Waals surface area (Å²) in [6.45, 7) is 7.61. The fourth-order valence-electron chi connectivity index (χ4n) is 3.30. The number of hydrogen-bond donors (Lipinski definition) is 0. The average molecular weight is 274 g/mol. The van der Waals surface area contributed by atoms with Crippen LogP contribution in [0.15, 0.2) is 6.20 Å². The monoisotopic (exact) mass is 274 g/mol. The van der Waals surface area contributed by atoms with Crippen molar-refractivity contribution in [2.75, 3.05) is 26.2 Å². The molecule has 0 bridgehead atoms. The smallest absolute Gasteiger partial charge is 0.257 e. The van der Waals surface area contributed by atoms with E-state index in [1.165, 1.54) is 25.8 Å². The number of piperidine rings is 1. The molecule has 0 radical (unpaired) electrons. The quantitative estimate of drug-likeness (QED) is 0.777. The van der Waals surface area contributed by atoms with Crippen molar-refractivity contribution in [3.8, 4) is 0 Å². The van der Waals surface area contributed by atoms with Gasteiger partial charge in [-0.2, -0.15) is 0 Å². The number of fused-ring (bicyclic) bond motifs is 1. The molecule has 0 saturated carbocycles. The Hall–Kier alpha value is -1.49. The van der Waals surface area contributed by atoms with Crippen LogP contribution in [0.3, 0.4) is 0 Å². The van der Waals surface area contributed by atoms with Crippen molar-refractivity contribution in [2.24, 2.45) is 0 Å². The molecule has 108 valence electrons. The van der Waals surface area contributed by atoms with Gasteiger partial charge in [-0.3, -0.25) is 9.69 Å². The molecule has 0 aromatic carbocycles. The first-order valence-electron chi connectivity index (χ1n) is 7.49. The van der Waals surface area contributed by atoms with Gasteiger partial charge in [0.05, 0.1) is 11.3 Å². The number of nitrogens with zero attached hydrogens (tertiary/aromatic N) is 4. The van der Waals surface area contributed by atoms with Crippen LogP contribution in [0.4, 0.5) is 0 Å². The van der Waals surface area contributed by atoms with Crippen LogP contribution in [0, 0.1) is 13.8 Å². The van der Waals surface area contributed by atoms with Crippen molar-refractivity contribution in [1.29, 1.82) is 0 Å². The highest BCUT2D eigenvalue weighted by Gasteiger charge is 2.31. The predicted molar refractivity (Wildman–Crippen MR) is 76.6 cm³/mol. The molecule has 2 saturated heterocycles. The molecule has 1 aromatic heterocycles. The number of amides is 1. The van der Waals surface area contributed by atoms with Gasteiger partial charge in [0.15, 0.2) is 0 Å². The Morgan fingerprint density at radius 2 is 2.10 bits per heavy atom. The van der Waals surface area contributed by atoms with Crippen LogP contribution in [0.5, 0.6) is 0 Å². The summed E-state index contributed by atoms with van der Waals surface area (Å²) >= 11 is 0. The van der Waals surface area contributed by atoms with Crippen molar-refractivity contribution < 1.29 is 4.79 Å². The number of rotatable bonds is 1. The fourth-order valence-corrected chi connectivity index (χ4v) is 3.30. The van der Waals surface area contributed by atoms with E-state index in [-0.39, 0.29) is 5.91 Å². The van der Waals surface area contributed by atoms with Gasteiger partial charge in [0.1, 0.15) is 5.82 Å². The molecule has 2 aliphatic heterocycles. The van der Waals surface area contributed by atoms with Crippen molar-refractivity contribution in [3.05, 3.63) is 23.3 Å². The van der Waals surface area contributed by atoms with Crippen LogP contribution in [0.2, 0.25) is 0 Å². The van der Waals surface area contributed by atoms with Gasteiger partial charge in [-0.15, -0.1) is 0 Å². The standard InChI is InChI=1S/C15H22N4O/c1-11-14(9-16-12(2)17-11)15(20)19-8-7-18-6-4-3-5-13(18)10-19/h9,13H,3-8,10H2,1-2H3/t13-/m0/s1. The van der Waals surface area contributed by atoms with E-state index in [2.05, 4.69) is 14.9 Å². The van der Waals surface area contributed by atoms with Gasteiger partial charge in [-0.25, -0.2) is 9.97 Å². The molecule has 0 unspecified atom stereocenters. The Bertz CT molecular complexity index is 517. The summed E-state index contributed by atoms with van der Waals surface area (Å²) in [7, 11) is 0. The Balaban J connectivity index is 1.74. The van der Waals surface area contributed by atoms with Crippen LogP contribution in [-0.4, -0.2) is 57.9 Å². The molecule has 1 atom stereocenters. The molecule has 20 heavy (non-hydrogen) atoms. The minimum atomic E-state index is 0.0905. The number of aromatic nitrogens is 2. The van der Waals surface area contributed by atoms with Crippen molar-refractivity contribution in [3.63, 3.8) is 0 Å². The van der Waals surface area contributed by atoms with Gasteiger partial charge in [0.25, 0.3) is 5.91 Å². The topological polar surface area (TPSA) is 49.3 Å². The Kier molecular flexibility index (Phi) is 3.70. The first-order chi connectivity index (χ1) is 9.65. The van der Waals surface area contributed by atoms with Gasteiger partial charge in [-0.05, 0) is 33.2 Å². The second kappa shape index (κ2) is 5.48. The van der Waals surface area contributed by atoms with Gasteiger partial charge in [0.2, 0.25) is 0 Å². The van der Waals surface area contributed by atoms with E-state index in [0.29, 0.717) is 11.6 Å². The minimum Gasteiger partial charge on any atom is -0.336 e. The van der Waals surface area contributed by atoms with Crippen LogP contribution < -0.4 is 0 Å². The summed E-state index contributed by atoms with van der Waals surface area (Å²) in [5.41, 5.74) is 1.44. The summed E-state index contributed by atoms with van der Waals surface area (Å²) in [4.78, 5) is 25.6. The zero-order valence-electron chi connectivity index (χ0n) is 12.3. The molecule has 2 fully saturated rings. The molecule has 0 aliphatic carbocycles. The molecule has 0 N–H and O–H groups in total. The molecular formula is C15H22N4O. The van der Waals surface area contributed by atoms with E-state index in [1.54, 1.807) is 6.20 Å². The van der Waals surface area contributed by atoms with Gasteiger partial charge in [0, 0.05) is 31.9 Å². The lowest BCUT2D eigenvalue weighted by molar-refractivity contribution is 0.0371. The SMILES string of the molecule is Cc1ncc(C(=O)N2CCN3CCCC[C@H]3C2)c(C)n1. The van der Waals surface area contributed by atoms with Crippen LogP contribution in [-0.2, 0) is 0 Å². The van der Waals surface area contributed by atoms with Gasteiger partial charge in [-0.1, -0.05) is 6.42 Å². The highest BCUT2D eigenvalue weighted by atomic mass is 16.2. The van der Waals surface area contributed by atoms with Crippen LogP contribution in [0.1, 0.15) is 41.1 Å². The summed E-state index contributed by atoms with van der Waals surface area (Å²) < 4.78 is 0. The second-order valence-corrected chi connectivity index (χ2v) is 5.85. The first kappa shape index (κ1) is 13.5. The number of piperazine rings is 1. The molecule has 5 heteroatoms.